The molecule has 4 rings (SSSR count). The monoisotopic (exact) mass is 308 g/mol. The Morgan fingerprint density at radius 2 is 1.74 bits per heavy atom. The SMILES string of the molecule is Cc1ccc([C@@]2(C)[C@]3(C#N)C(N)=NC4(OCCO4)[C@@]32C#N)cc1. The number of amidine groups is 1. The summed E-state index contributed by atoms with van der Waals surface area (Å²) in [7, 11) is 0. The summed E-state index contributed by atoms with van der Waals surface area (Å²) in [5.74, 6) is -1.37. The van der Waals surface area contributed by atoms with E-state index in [4.69, 9.17) is 15.2 Å². The molecule has 116 valence electrons. The van der Waals surface area contributed by atoms with Crippen molar-refractivity contribution in [1.82, 2.24) is 0 Å². The Bertz CT molecular complexity index is 812. The highest BCUT2D eigenvalue weighted by molar-refractivity contribution is 6.02. The van der Waals surface area contributed by atoms with E-state index in [1.807, 2.05) is 38.1 Å². The van der Waals surface area contributed by atoms with Gasteiger partial charge in [-0.1, -0.05) is 36.8 Å². The first-order valence-corrected chi connectivity index (χ1v) is 7.49. The molecule has 2 aliphatic heterocycles. The van der Waals surface area contributed by atoms with Crippen LogP contribution in [0.4, 0.5) is 0 Å². The predicted molar refractivity (Wildman–Crippen MR) is 80.9 cm³/mol. The lowest BCUT2D eigenvalue weighted by atomic mass is 9.84. The average molecular weight is 308 g/mol. The Hall–Kier alpha value is -2.41. The second-order valence-electron chi connectivity index (χ2n) is 6.49. The van der Waals surface area contributed by atoms with Gasteiger partial charge in [0.25, 0.3) is 5.91 Å². The lowest BCUT2D eigenvalue weighted by Gasteiger charge is -2.29. The molecule has 3 aliphatic rings. The molecule has 2 fully saturated rings. The first kappa shape index (κ1) is 14.2. The number of aryl methyl sites for hydroxylation is 1. The normalized spacial score (nSPS) is 39.4. The van der Waals surface area contributed by atoms with Crippen molar-refractivity contribution in [2.75, 3.05) is 13.2 Å². The molecular formula is C17H16N4O2. The number of aliphatic imine (C=N–C) groups is 1. The molecule has 0 amide bonds. The van der Waals surface area contributed by atoms with Gasteiger partial charge in [0, 0.05) is 5.41 Å². The Morgan fingerprint density at radius 3 is 2.26 bits per heavy atom. The molecule has 23 heavy (non-hydrogen) atoms. The molecule has 1 saturated heterocycles. The summed E-state index contributed by atoms with van der Waals surface area (Å²) in [6.07, 6.45) is 0. The molecular weight excluding hydrogens is 292 g/mol. The van der Waals surface area contributed by atoms with Crippen LogP contribution in [0.25, 0.3) is 0 Å². The fourth-order valence-corrected chi connectivity index (χ4v) is 4.57. The zero-order valence-corrected chi connectivity index (χ0v) is 13.0. The molecule has 1 spiro atoms. The first-order chi connectivity index (χ1) is 11.0. The first-order valence-electron chi connectivity index (χ1n) is 7.49. The Kier molecular flexibility index (Phi) is 2.42. The number of benzene rings is 1. The Morgan fingerprint density at radius 1 is 1.13 bits per heavy atom. The topological polar surface area (TPSA) is 104 Å². The highest BCUT2D eigenvalue weighted by atomic mass is 16.8. The Balaban J connectivity index is 2.00. The minimum Gasteiger partial charge on any atom is -0.386 e. The van der Waals surface area contributed by atoms with Crippen LogP contribution in [0.15, 0.2) is 29.3 Å². The minimum absolute atomic E-state index is 0.117. The molecule has 2 N–H and O–H groups in total. The van der Waals surface area contributed by atoms with Crippen LogP contribution < -0.4 is 5.73 Å². The fraction of sp³-hybridized carbons (Fsp3) is 0.471. The van der Waals surface area contributed by atoms with E-state index >= 15 is 0 Å². The molecule has 1 aliphatic carbocycles. The van der Waals surface area contributed by atoms with Gasteiger partial charge in [-0.2, -0.15) is 10.5 Å². The van der Waals surface area contributed by atoms with Gasteiger partial charge in [0.1, 0.15) is 5.84 Å². The maximum atomic E-state index is 10.1. The van der Waals surface area contributed by atoms with Crippen molar-refractivity contribution in [1.29, 1.82) is 10.5 Å². The standard InChI is InChI=1S/C17H16N4O2/c1-11-3-5-12(6-4-11)14(2)15(9-18)13(20)21-17(16(14,15)10-19)22-7-8-23-17/h3-6H,7-8H2,1-2H3,(H2,20,21)/t14-,15-,16+/m0/s1. The van der Waals surface area contributed by atoms with Crippen LogP contribution in [0, 0.1) is 40.4 Å². The highest BCUT2D eigenvalue weighted by Gasteiger charge is 3.00. The van der Waals surface area contributed by atoms with E-state index in [-0.39, 0.29) is 5.84 Å². The fourth-order valence-electron chi connectivity index (χ4n) is 4.57. The molecule has 1 aromatic carbocycles. The van der Waals surface area contributed by atoms with Crippen molar-refractivity contribution in [2.45, 2.75) is 25.2 Å². The molecule has 1 aromatic rings. The predicted octanol–water partition coefficient (Wildman–Crippen LogP) is 1.36. The molecule has 0 unspecified atom stereocenters. The van der Waals surface area contributed by atoms with E-state index in [0.29, 0.717) is 13.2 Å². The smallest absolute Gasteiger partial charge is 0.293 e. The summed E-state index contributed by atoms with van der Waals surface area (Å²) in [6, 6.07) is 12.4. The van der Waals surface area contributed by atoms with E-state index in [2.05, 4.69) is 17.1 Å². The van der Waals surface area contributed by atoms with Crippen LogP contribution in [0.5, 0.6) is 0 Å². The van der Waals surface area contributed by atoms with Gasteiger partial charge in [0.2, 0.25) is 0 Å². The van der Waals surface area contributed by atoms with Gasteiger partial charge in [-0.25, -0.2) is 4.99 Å². The van der Waals surface area contributed by atoms with Crippen LogP contribution in [0.1, 0.15) is 18.1 Å². The molecule has 0 radical (unpaired) electrons. The summed E-state index contributed by atoms with van der Waals surface area (Å²) in [5.41, 5.74) is 4.74. The Labute approximate surface area is 134 Å². The van der Waals surface area contributed by atoms with E-state index in [1.54, 1.807) is 0 Å². The van der Waals surface area contributed by atoms with E-state index in [0.717, 1.165) is 11.1 Å². The van der Waals surface area contributed by atoms with Gasteiger partial charge in [-0.05, 0) is 12.5 Å². The summed E-state index contributed by atoms with van der Waals surface area (Å²) in [5, 5.41) is 20.0. The number of nitrogens with zero attached hydrogens (tertiary/aromatic N) is 3. The molecule has 0 aromatic heterocycles. The van der Waals surface area contributed by atoms with Gasteiger partial charge in [-0.15, -0.1) is 0 Å². The van der Waals surface area contributed by atoms with Crippen LogP contribution in [0.2, 0.25) is 0 Å². The third kappa shape index (κ3) is 1.12. The van der Waals surface area contributed by atoms with Crippen LogP contribution in [-0.2, 0) is 14.9 Å². The lowest BCUT2D eigenvalue weighted by Crippen LogP contribution is -2.42. The zero-order valence-electron chi connectivity index (χ0n) is 13.0. The number of ether oxygens (including phenoxy) is 2. The summed E-state index contributed by atoms with van der Waals surface area (Å²) < 4.78 is 11.4. The van der Waals surface area contributed by atoms with Gasteiger partial charge >= 0.3 is 0 Å². The molecule has 0 bridgehead atoms. The van der Waals surface area contributed by atoms with Crippen LogP contribution in [0.3, 0.4) is 0 Å². The largest absolute Gasteiger partial charge is 0.386 e. The number of nitriles is 2. The maximum Gasteiger partial charge on any atom is 0.293 e. The minimum atomic E-state index is -1.48. The second kappa shape index (κ2) is 3.91. The van der Waals surface area contributed by atoms with Crippen LogP contribution in [-0.4, -0.2) is 25.0 Å². The van der Waals surface area contributed by atoms with Crippen molar-refractivity contribution < 1.29 is 9.47 Å². The number of fused-ring (bicyclic) bond motifs is 2. The van der Waals surface area contributed by atoms with Gasteiger partial charge < -0.3 is 15.2 Å². The molecule has 1 saturated carbocycles. The van der Waals surface area contributed by atoms with Crippen LogP contribution >= 0.6 is 0 Å². The van der Waals surface area contributed by atoms with Crippen molar-refractivity contribution >= 4 is 5.84 Å². The summed E-state index contributed by atoms with van der Waals surface area (Å²) in [6.45, 7) is 4.51. The number of rotatable bonds is 1. The van der Waals surface area contributed by atoms with Crippen molar-refractivity contribution in [3.8, 4) is 12.1 Å². The molecule has 6 heteroatoms. The highest BCUT2D eigenvalue weighted by Crippen LogP contribution is 2.85. The molecule has 2 heterocycles. The van der Waals surface area contributed by atoms with Crippen molar-refractivity contribution in [3.63, 3.8) is 0 Å². The van der Waals surface area contributed by atoms with Gasteiger partial charge in [0.05, 0.1) is 25.4 Å². The van der Waals surface area contributed by atoms with Crippen molar-refractivity contribution in [3.05, 3.63) is 35.4 Å². The maximum absolute atomic E-state index is 10.1. The third-order valence-corrected chi connectivity index (χ3v) is 5.77. The summed E-state index contributed by atoms with van der Waals surface area (Å²) >= 11 is 0. The van der Waals surface area contributed by atoms with Gasteiger partial charge in [-0.3, -0.25) is 0 Å². The quantitative estimate of drug-likeness (QED) is 0.843. The molecule has 3 atom stereocenters. The molecule has 6 nitrogen and oxygen atoms in total. The summed E-state index contributed by atoms with van der Waals surface area (Å²) in [4.78, 5) is 4.28. The number of hydrogen-bond acceptors (Lipinski definition) is 6. The average Bonchev–Trinajstić information content (AvgIpc) is 2.83. The van der Waals surface area contributed by atoms with Crippen molar-refractivity contribution in [2.24, 2.45) is 21.6 Å². The van der Waals surface area contributed by atoms with E-state index in [1.165, 1.54) is 0 Å². The lowest BCUT2D eigenvalue weighted by molar-refractivity contribution is -0.187. The van der Waals surface area contributed by atoms with Gasteiger partial charge in [0.15, 0.2) is 10.8 Å². The third-order valence-electron chi connectivity index (χ3n) is 5.77. The second-order valence-corrected chi connectivity index (χ2v) is 6.49. The number of nitrogens with two attached hydrogens (primary N) is 1. The number of hydrogen-bond donors (Lipinski definition) is 1. The zero-order chi connectivity index (χ0) is 16.5. The van der Waals surface area contributed by atoms with E-state index < -0.39 is 22.2 Å². The van der Waals surface area contributed by atoms with E-state index in [9.17, 15) is 10.5 Å².